The van der Waals surface area contributed by atoms with Crippen LogP contribution in [0.15, 0.2) is 18.2 Å². The molecule has 3 heteroatoms. The molecule has 1 aromatic rings. The number of nitrogens with zero attached hydrogens (tertiary/aromatic N) is 1. The van der Waals surface area contributed by atoms with Gasteiger partial charge in [0.25, 0.3) is 0 Å². The zero-order chi connectivity index (χ0) is 16.0. The molecular formula is C18H30N2O. The van der Waals surface area contributed by atoms with Crippen molar-refractivity contribution >= 4 is 11.7 Å². The van der Waals surface area contributed by atoms with E-state index in [9.17, 15) is 4.79 Å². The van der Waals surface area contributed by atoms with Crippen LogP contribution in [0.25, 0.3) is 0 Å². The Morgan fingerprint density at radius 2 is 1.90 bits per heavy atom. The Labute approximate surface area is 129 Å². The van der Waals surface area contributed by atoms with E-state index in [0.29, 0.717) is 0 Å². The van der Waals surface area contributed by atoms with Crippen molar-refractivity contribution in [2.24, 2.45) is 0 Å². The van der Waals surface area contributed by atoms with Gasteiger partial charge in [0.1, 0.15) is 0 Å². The smallest absolute Gasteiger partial charge is 0.321 e. The molecule has 3 nitrogen and oxygen atoms in total. The summed E-state index contributed by atoms with van der Waals surface area (Å²) in [5.41, 5.74) is 3.25. The van der Waals surface area contributed by atoms with Crippen LogP contribution in [0.4, 0.5) is 10.5 Å². The van der Waals surface area contributed by atoms with Gasteiger partial charge < -0.3 is 10.2 Å². The summed E-state index contributed by atoms with van der Waals surface area (Å²) in [5.74, 6) is 0. The van der Waals surface area contributed by atoms with Crippen molar-refractivity contribution in [3.63, 3.8) is 0 Å². The third kappa shape index (κ3) is 5.07. The van der Waals surface area contributed by atoms with E-state index in [2.05, 4.69) is 45.1 Å². The monoisotopic (exact) mass is 290 g/mol. The Kier molecular flexibility index (Phi) is 6.25. The van der Waals surface area contributed by atoms with Crippen LogP contribution in [0.1, 0.15) is 58.1 Å². The van der Waals surface area contributed by atoms with Crippen molar-refractivity contribution in [1.82, 2.24) is 4.90 Å². The summed E-state index contributed by atoms with van der Waals surface area (Å²) in [6, 6.07) is 6.17. The maximum Gasteiger partial charge on any atom is 0.321 e. The first kappa shape index (κ1) is 17.5. The molecule has 0 aliphatic carbocycles. The Hall–Kier alpha value is -1.51. The average molecular weight is 290 g/mol. The lowest BCUT2D eigenvalue weighted by Gasteiger charge is -2.26. The molecule has 21 heavy (non-hydrogen) atoms. The van der Waals surface area contributed by atoms with Crippen LogP contribution in [-0.2, 0) is 5.41 Å². The van der Waals surface area contributed by atoms with Gasteiger partial charge in [-0.25, -0.2) is 4.79 Å². The SMILES string of the molecule is CCCCCN(C)C(=O)Nc1c(C)cccc1C(C)(C)C. The first-order chi connectivity index (χ1) is 9.77. The minimum absolute atomic E-state index is 0.00934. The van der Waals surface area contributed by atoms with Crippen LogP contribution in [0, 0.1) is 6.92 Å². The lowest BCUT2D eigenvalue weighted by Crippen LogP contribution is -2.33. The summed E-state index contributed by atoms with van der Waals surface area (Å²) in [6.45, 7) is 11.5. The van der Waals surface area contributed by atoms with Crippen molar-refractivity contribution in [2.75, 3.05) is 18.9 Å². The van der Waals surface area contributed by atoms with Gasteiger partial charge in [-0.05, 0) is 29.9 Å². The van der Waals surface area contributed by atoms with Crippen molar-refractivity contribution in [3.8, 4) is 0 Å². The van der Waals surface area contributed by atoms with Gasteiger partial charge in [-0.1, -0.05) is 58.7 Å². The van der Waals surface area contributed by atoms with Gasteiger partial charge >= 0.3 is 6.03 Å². The number of benzene rings is 1. The van der Waals surface area contributed by atoms with E-state index in [0.717, 1.165) is 30.6 Å². The molecule has 0 unspecified atom stereocenters. The number of amides is 2. The molecule has 0 aliphatic heterocycles. The third-order valence-electron chi connectivity index (χ3n) is 3.76. The van der Waals surface area contributed by atoms with E-state index in [4.69, 9.17) is 0 Å². The largest absolute Gasteiger partial charge is 0.328 e. The van der Waals surface area contributed by atoms with Crippen molar-refractivity contribution in [1.29, 1.82) is 0 Å². The highest BCUT2D eigenvalue weighted by Gasteiger charge is 2.21. The highest BCUT2D eigenvalue weighted by molar-refractivity contribution is 5.91. The first-order valence-corrected chi connectivity index (χ1v) is 7.89. The summed E-state index contributed by atoms with van der Waals surface area (Å²) in [5, 5.41) is 3.10. The number of hydrogen-bond donors (Lipinski definition) is 1. The highest BCUT2D eigenvalue weighted by Crippen LogP contribution is 2.32. The Morgan fingerprint density at radius 1 is 1.24 bits per heavy atom. The van der Waals surface area contributed by atoms with E-state index in [-0.39, 0.29) is 11.4 Å². The van der Waals surface area contributed by atoms with Gasteiger partial charge in [-0.3, -0.25) is 0 Å². The minimum atomic E-state index is -0.0223. The molecule has 0 aromatic heterocycles. The predicted molar refractivity (Wildman–Crippen MR) is 91.1 cm³/mol. The number of carbonyl (C=O) groups is 1. The van der Waals surface area contributed by atoms with E-state index in [1.165, 1.54) is 12.0 Å². The fourth-order valence-electron chi connectivity index (χ4n) is 2.36. The number of anilines is 1. The molecule has 118 valence electrons. The number of hydrogen-bond acceptors (Lipinski definition) is 1. The normalized spacial score (nSPS) is 11.3. The van der Waals surface area contributed by atoms with Crippen molar-refractivity contribution in [3.05, 3.63) is 29.3 Å². The molecule has 0 saturated heterocycles. The van der Waals surface area contributed by atoms with Crippen LogP contribution in [0.3, 0.4) is 0 Å². The van der Waals surface area contributed by atoms with E-state index >= 15 is 0 Å². The van der Waals surface area contributed by atoms with Crippen LogP contribution in [0.5, 0.6) is 0 Å². The van der Waals surface area contributed by atoms with Crippen molar-refractivity contribution in [2.45, 2.75) is 59.3 Å². The van der Waals surface area contributed by atoms with Gasteiger partial charge in [0, 0.05) is 19.3 Å². The fraction of sp³-hybridized carbons (Fsp3) is 0.611. The number of para-hydroxylation sites is 1. The van der Waals surface area contributed by atoms with Gasteiger partial charge in [-0.15, -0.1) is 0 Å². The quantitative estimate of drug-likeness (QED) is 0.765. The van der Waals surface area contributed by atoms with Crippen LogP contribution < -0.4 is 5.32 Å². The topological polar surface area (TPSA) is 32.3 Å². The molecule has 0 spiro atoms. The molecule has 0 bridgehead atoms. The summed E-state index contributed by atoms with van der Waals surface area (Å²) in [6.07, 6.45) is 3.39. The van der Waals surface area contributed by atoms with Crippen LogP contribution >= 0.6 is 0 Å². The fourth-order valence-corrected chi connectivity index (χ4v) is 2.36. The molecule has 0 saturated carbocycles. The molecule has 1 N–H and O–H groups in total. The maximum atomic E-state index is 12.4. The van der Waals surface area contributed by atoms with Crippen LogP contribution in [-0.4, -0.2) is 24.5 Å². The molecule has 1 rings (SSSR count). The molecule has 0 heterocycles. The molecule has 0 fully saturated rings. The lowest BCUT2D eigenvalue weighted by atomic mass is 9.84. The molecule has 0 radical (unpaired) electrons. The summed E-state index contributed by atoms with van der Waals surface area (Å²) in [4.78, 5) is 14.1. The molecular weight excluding hydrogens is 260 g/mol. The van der Waals surface area contributed by atoms with Gasteiger partial charge in [0.2, 0.25) is 0 Å². The van der Waals surface area contributed by atoms with Crippen LogP contribution in [0.2, 0.25) is 0 Å². The molecule has 0 aliphatic rings. The second kappa shape index (κ2) is 7.48. The number of unbranched alkanes of at least 4 members (excludes halogenated alkanes) is 2. The zero-order valence-corrected chi connectivity index (χ0v) is 14.4. The number of rotatable bonds is 5. The number of nitrogens with one attached hydrogen (secondary N) is 1. The molecule has 1 aromatic carbocycles. The van der Waals surface area contributed by atoms with E-state index in [1.54, 1.807) is 4.90 Å². The minimum Gasteiger partial charge on any atom is -0.328 e. The maximum absolute atomic E-state index is 12.4. The van der Waals surface area contributed by atoms with Gasteiger partial charge in [0.05, 0.1) is 0 Å². The Bertz CT molecular complexity index is 475. The van der Waals surface area contributed by atoms with Crippen molar-refractivity contribution < 1.29 is 4.79 Å². The first-order valence-electron chi connectivity index (χ1n) is 7.89. The Balaban J connectivity index is 2.85. The second-order valence-electron chi connectivity index (χ2n) is 6.81. The lowest BCUT2D eigenvalue weighted by molar-refractivity contribution is 0.221. The van der Waals surface area contributed by atoms with Gasteiger partial charge in [-0.2, -0.15) is 0 Å². The average Bonchev–Trinajstić information content (AvgIpc) is 2.39. The standard InChI is InChI=1S/C18H30N2O/c1-7-8-9-13-20(6)17(21)19-16-14(2)11-10-12-15(16)18(3,4)5/h10-12H,7-9,13H2,1-6H3,(H,19,21). The summed E-state index contributed by atoms with van der Waals surface area (Å²) >= 11 is 0. The second-order valence-corrected chi connectivity index (χ2v) is 6.81. The highest BCUT2D eigenvalue weighted by atomic mass is 16.2. The number of aryl methyl sites for hydroxylation is 1. The summed E-state index contributed by atoms with van der Waals surface area (Å²) in [7, 11) is 1.86. The third-order valence-corrected chi connectivity index (χ3v) is 3.76. The van der Waals surface area contributed by atoms with E-state index in [1.807, 2.05) is 20.0 Å². The number of urea groups is 1. The molecule has 2 amide bonds. The number of carbonyl (C=O) groups excluding carboxylic acids is 1. The van der Waals surface area contributed by atoms with Gasteiger partial charge in [0.15, 0.2) is 0 Å². The predicted octanol–water partition coefficient (Wildman–Crippen LogP) is 4.95. The Morgan fingerprint density at radius 3 is 2.48 bits per heavy atom. The summed E-state index contributed by atoms with van der Waals surface area (Å²) < 4.78 is 0. The zero-order valence-electron chi connectivity index (χ0n) is 14.4. The van der Waals surface area contributed by atoms with E-state index < -0.39 is 0 Å². The molecule has 0 atom stereocenters.